The van der Waals surface area contributed by atoms with Gasteiger partial charge in [-0.2, -0.15) is 0 Å². The summed E-state index contributed by atoms with van der Waals surface area (Å²) in [7, 11) is 3.02. The Hall–Kier alpha value is -4.49. The number of nitrogens with zero attached hydrogens (tertiary/aromatic N) is 3. The van der Waals surface area contributed by atoms with E-state index in [2.05, 4.69) is 20.9 Å². The van der Waals surface area contributed by atoms with Crippen molar-refractivity contribution in [3.8, 4) is 22.8 Å². The lowest BCUT2D eigenvalue weighted by Crippen LogP contribution is -2.40. The van der Waals surface area contributed by atoms with E-state index in [0.29, 0.717) is 53.6 Å². The largest absolute Gasteiger partial charge is 0.493 e. The van der Waals surface area contributed by atoms with Crippen molar-refractivity contribution in [3.05, 3.63) is 105 Å². The van der Waals surface area contributed by atoms with E-state index >= 15 is 0 Å². The fourth-order valence-corrected chi connectivity index (χ4v) is 6.19. The van der Waals surface area contributed by atoms with Crippen LogP contribution in [0.25, 0.3) is 17.4 Å². The molecule has 0 radical (unpaired) electrons. The molecule has 0 N–H and O–H groups in total. The van der Waals surface area contributed by atoms with Crippen LogP contribution < -0.4 is 24.4 Å². The molecule has 42 heavy (non-hydrogen) atoms. The number of thiazole rings is 1. The molecular formula is C29H24BrN3O8S. The molecule has 0 amide bonds. The van der Waals surface area contributed by atoms with Crippen molar-refractivity contribution >= 4 is 45.0 Å². The predicted molar refractivity (Wildman–Crippen MR) is 158 cm³/mol. The highest BCUT2D eigenvalue weighted by atomic mass is 79.9. The Balaban J connectivity index is 1.65. The molecule has 1 aliphatic heterocycles. The third-order valence-electron chi connectivity index (χ3n) is 6.58. The monoisotopic (exact) mass is 653 g/mol. The number of hydrogen-bond donors (Lipinski definition) is 0. The fraction of sp³-hybridized carbons (Fsp3) is 0.207. The number of aromatic nitrogens is 1. The minimum atomic E-state index is -0.871. The molecule has 4 aromatic rings. The maximum atomic E-state index is 13.9. The molecule has 0 fully saturated rings. The second-order valence-electron chi connectivity index (χ2n) is 9.04. The molecule has 3 heterocycles. The Morgan fingerprint density at radius 3 is 2.50 bits per heavy atom. The van der Waals surface area contributed by atoms with Crippen molar-refractivity contribution in [2.75, 3.05) is 20.8 Å². The first-order valence-electron chi connectivity index (χ1n) is 12.6. The number of rotatable bonds is 8. The molecule has 1 aliphatic rings. The van der Waals surface area contributed by atoms with Gasteiger partial charge in [0.05, 0.1) is 47.6 Å². The van der Waals surface area contributed by atoms with Crippen molar-refractivity contribution in [1.82, 2.24) is 4.57 Å². The standard InChI is InChI=1S/C29H24BrN3O8S/c1-5-40-28(35)25-15(2)31-29-32(26(25)19-13-22(38-3)23(39-4)14-20(19)30)27(34)24(42-29)12-18-10-11-21(41-18)16-6-8-17(9-7-16)33(36)37/h6-14,26H,5H2,1-4H3/b24-12-/t26-/m0/s1. The van der Waals surface area contributed by atoms with Crippen molar-refractivity contribution in [2.24, 2.45) is 4.99 Å². The number of halogens is 1. The molecule has 1 atom stereocenters. The molecular weight excluding hydrogens is 630 g/mol. The zero-order valence-electron chi connectivity index (χ0n) is 22.9. The second-order valence-corrected chi connectivity index (χ2v) is 10.9. The summed E-state index contributed by atoms with van der Waals surface area (Å²) in [5.41, 5.74) is 1.47. The SMILES string of the molecule is CCOC(=O)C1=C(C)N=c2s/c(=C\c3ccc(-c4ccc([N+](=O)[O-])cc4)o3)c(=O)n2[C@H]1c1cc(OC)c(OC)cc1Br. The summed E-state index contributed by atoms with van der Waals surface area (Å²) in [6.07, 6.45) is 1.60. The normalized spacial score (nSPS) is 14.8. The van der Waals surface area contributed by atoms with E-state index in [-0.39, 0.29) is 23.4 Å². The second kappa shape index (κ2) is 11.8. The van der Waals surface area contributed by atoms with E-state index in [1.165, 1.54) is 30.9 Å². The lowest BCUT2D eigenvalue weighted by atomic mass is 9.95. The highest BCUT2D eigenvalue weighted by molar-refractivity contribution is 9.10. The summed E-state index contributed by atoms with van der Waals surface area (Å²) in [6, 6.07) is 11.9. The Morgan fingerprint density at radius 2 is 1.86 bits per heavy atom. The number of carbonyl (C=O) groups excluding carboxylic acids is 1. The van der Waals surface area contributed by atoms with E-state index in [1.54, 1.807) is 56.3 Å². The van der Waals surface area contributed by atoms with Crippen LogP contribution in [0.4, 0.5) is 5.69 Å². The first-order valence-corrected chi connectivity index (χ1v) is 14.2. The topological polar surface area (TPSA) is 135 Å². The van der Waals surface area contributed by atoms with Gasteiger partial charge in [-0.25, -0.2) is 9.79 Å². The molecule has 0 saturated heterocycles. The van der Waals surface area contributed by atoms with Gasteiger partial charge in [0.25, 0.3) is 11.2 Å². The number of nitro groups is 1. The van der Waals surface area contributed by atoms with Crippen LogP contribution >= 0.6 is 27.3 Å². The molecule has 0 saturated carbocycles. The number of furan rings is 1. The number of fused-ring (bicyclic) bond motifs is 1. The van der Waals surface area contributed by atoms with E-state index in [4.69, 9.17) is 18.6 Å². The fourth-order valence-electron chi connectivity index (χ4n) is 4.63. The summed E-state index contributed by atoms with van der Waals surface area (Å²) in [4.78, 5) is 42.6. The highest BCUT2D eigenvalue weighted by Gasteiger charge is 2.35. The molecule has 2 aromatic heterocycles. The lowest BCUT2D eigenvalue weighted by Gasteiger charge is -2.26. The molecule has 0 bridgehead atoms. The number of allylic oxidation sites excluding steroid dienone is 1. The minimum absolute atomic E-state index is 0.0280. The quantitative estimate of drug-likeness (QED) is 0.151. The summed E-state index contributed by atoms with van der Waals surface area (Å²) >= 11 is 4.74. The molecule has 0 spiro atoms. The Morgan fingerprint density at radius 1 is 1.17 bits per heavy atom. The van der Waals surface area contributed by atoms with Gasteiger partial charge in [0.1, 0.15) is 11.5 Å². The average molecular weight is 654 g/mol. The average Bonchev–Trinajstić information content (AvgIpc) is 3.56. The third-order valence-corrected chi connectivity index (χ3v) is 8.25. The van der Waals surface area contributed by atoms with Crippen LogP contribution in [0.5, 0.6) is 11.5 Å². The van der Waals surface area contributed by atoms with Gasteiger partial charge in [-0.15, -0.1) is 0 Å². The number of carbonyl (C=O) groups is 1. The number of benzene rings is 2. The van der Waals surface area contributed by atoms with Crippen LogP contribution in [-0.2, 0) is 9.53 Å². The molecule has 2 aromatic carbocycles. The van der Waals surface area contributed by atoms with Gasteiger partial charge in [0, 0.05) is 28.2 Å². The molecule has 11 nitrogen and oxygen atoms in total. The van der Waals surface area contributed by atoms with Crippen molar-refractivity contribution in [3.63, 3.8) is 0 Å². The van der Waals surface area contributed by atoms with Gasteiger partial charge in [0.2, 0.25) is 0 Å². The molecule has 216 valence electrons. The van der Waals surface area contributed by atoms with Crippen molar-refractivity contribution < 1.29 is 28.3 Å². The van der Waals surface area contributed by atoms with Gasteiger partial charge in [-0.3, -0.25) is 19.5 Å². The maximum absolute atomic E-state index is 13.9. The summed E-state index contributed by atoms with van der Waals surface area (Å²) in [6.45, 7) is 3.56. The van der Waals surface area contributed by atoms with Gasteiger partial charge < -0.3 is 18.6 Å². The van der Waals surface area contributed by atoms with Crippen molar-refractivity contribution in [2.45, 2.75) is 19.9 Å². The summed E-state index contributed by atoms with van der Waals surface area (Å²) in [5.74, 6) is 1.19. The van der Waals surface area contributed by atoms with Crippen LogP contribution in [0.15, 0.2) is 78.5 Å². The zero-order chi connectivity index (χ0) is 30.1. The van der Waals surface area contributed by atoms with Crippen LogP contribution in [0, 0.1) is 10.1 Å². The van der Waals surface area contributed by atoms with Crippen LogP contribution in [-0.4, -0.2) is 36.3 Å². The van der Waals surface area contributed by atoms with Gasteiger partial charge in [-0.05, 0) is 55.8 Å². The highest BCUT2D eigenvalue weighted by Crippen LogP contribution is 2.40. The predicted octanol–water partition coefficient (Wildman–Crippen LogP) is 4.75. The number of nitro benzene ring substituents is 1. The smallest absolute Gasteiger partial charge is 0.338 e. The van der Waals surface area contributed by atoms with Crippen molar-refractivity contribution in [1.29, 1.82) is 0 Å². The summed E-state index contributed by atoms with van der Waals surface area (Å²) in [5, 5.41) is 11.0. The van der Waals surface area contributed by atoms with Crippen LogP contribution in [0.1, 0.15) is 31.2 Å². The Bertz CT molecular complexity index is 1920. The zero-order valence-corrected chi connectivity index (χ0v) is 25.3. The van der Waals surface area contributed by atoms with Crippen LogP contribution in [0.2, 0.25) is 0 Å². The van der Waals surface area contributed by atoms with Gasteiger partial charge >= 0.3 is 5.97 Å². The van der Waals surface area contributed by atoms with E-state index in [1.807, 2.05) is 0 Å². The van der Waals surface area contributed by atoms with Crippen LogP contribution in [0.3, 0.4) is 0 Å². The third kappa shape index (κ3) is 5.28. The Kier molecular flexibility index (Phi) is 8.14. The number of non-ortho nitro benzene ring substituents is 1. The van der Waals surface area contributed by atoms with Gasteiger partial charge in [-0.1, -0.05) is 27.3 Å². The molecule has 0 aliphatic carbocycles. The minimum Gasteiger partial charge on any atom is -0.493 e. The number of ether oxygens (including phenoxy) is 3. The van der Waals surface area contributed by atoms with E-state index in [0.717, 1.165) is 11.3 Å². The number of methoxy groups -OCH3 is 2. The lowest BCUT2D eigenvalue weighted by molar-refractivity contribution is -0.384. The summed E-state index contributed by atoms with van der Waals surface area (Å²) < 4.78 is 24.6. The van der Waals surface area contributed by atoms with E-state index in [9.17, 15) is 19.7 Å². The molecule has 5 rings (SSSR count). The maximum Gasteiger partial charge on any atom is 0.338 e. The van der Waals surface area contributed by atoms with Gasteiger partial charge in [0.15, 0.2) is 16.3 Å². The number of esters is 1. The van der Waals surface area contributed by atoms with E-state index < -0.39 is 16.9 Å². The molecule has 13 heteroatoms. The number of hydrogen-bond acceptors (Lipinski definition) is 10. The first-order chi connectivity index (χ1) is 20.2. The molecule has 0 unspecified atom stereocenters. The first kappa shape index (κ1) is 29.0. The Labute approximate surface area is 251 Å².